The highest BCUT2D eigenvalue weighted by atomic mass is 32.2. The van der Waals surface area contributed by atoms with Gasteiger partial charge < -0.3 is 9.32 Å². The first-order chi connectivity index (χ1) is 13.9. The first-order valence-electron chi connectivity index (χ1n) is 10.1. The van der Waals surface area contributed by atoms with Crippen LogP contribution in [-0.4, -0.2) is 67.9 Å². The van der Waals surface area contributed by atoms with Gasteiger partial charge in [-0.3, -0.25) is 9.69 Å². The topological polar surface area (TPSA) is 70.8 Å². The fourth-order valence-corrected chi connectivity index (χ4v) is 6.41. The third-order valence-corrected chi connectivity index (χ3v) is 8.10. The SMILES string of the molecule is Cc1c(C(=O)N2CCN([C@@H]3CCS(=O)(=O)C3)CC2)oc2c1ccc1ccccc12. The van der Waals surface area contributed by atoms with Crippen LogP contribution < -0.4 is 0 Å². The van der Waals surface area contributed by atoms with Gasteiger partial charge in [0.2, 0.25) is 0 Å². The summed E-state index contributed by atoms with van der Waals surface area (Å²) in [6.45, 7) is 4.52. The number of hydrogen-bond donors (Lipinski definition) is 0. The van der Waals surface area contributed by atoms with E-state index in [2.05, 4.69) is 11.0 Å². The number of carbonyl (C=O) groups is 1. The minimum absolute atomic E-state index is 0.0820. The van der Waals surface area contributed by atoms with E-state index in [4.69, 9.17) is 4.42 Å². The van der Waals surface area contributed by atoms with Gasteiger partial charge in [0, 0.05) is 48.6 Å². The Morgan fingerprint density at radius 2 is 1.79 bits per heavy atom. The number of piperazine rings is 1. The molecule has 1 amide bonds. The Balaban J connectivity index is 1.37. The maximum Gasteiger partial charge on any atom is 0.289 e. The fraction of sp³-hybridized carbons (Fsp3) is 0.409. The molecule has 0 N–H and O–H groups in total. The number of amides is 1. The molecule has 6 nitrogen and oxygen atoms in total. The minimum Gasteiger partial charge on any atom is -0.450 e. The zero-order valence-corrected chi connectivity index (χ0v) is 17.2. The van der Waals surface area contributed by atoms with Crippen molar-refractivity contribution in [3.8, 4) is 0 Å². The lowest BCUT2D eigenvalue weighted by Gasteiger charge is -2.37. The van der Waals surface area contributed by atoms with E-state index >= 15 is 0 Å². The van der Waals surface area contributed by atoms with E-state index in [9.17, 15) is 13.2 Å². The highest BCUT2D eigenvalue weighted by Crippen LogP contribution is 2.32. The second kappa shape index (κ2) is 6.85. The van der Waals surface area contributed by atoms with E-state index in [1.807, 2.05) is 42.2 Å². The molecule has 0 radical (unpaired) electrons. The number of fused-ring (bicyclic) bond motifs is 3. The smallest absolute Gasteiger partial charge is 0.289 e. The molecule has 1 aromatic heterocycles. The van der Waals surface area contributed by atoms with Gasteiger partial charge in [0.15, 0.2) is 15.6 Å². The number of furan rings is 1. The lowest BCUT2D eigenvalue weighted by Crippen LogP contribution is -2.52. The number of aryl methyl sites for hydroxylation is 1. The first kappa shape index (κ1) is 18.6. The summed E-state index contributed by atoms with van der Waals surface area (Å²) in [5, 5.41) is 3.08. The van der Waals surface area contributed by atoms with Gasteiger partial charge >= 0.3 is 0 Å². The van der Waals surface area contributed by atoms with Crippen LogP contribution in [0.2, 0.25) is 0 Å². The molecule has 152 valence electrons. The standard InChI is InChI=1S/C22H24N2O4S/c1-15-18-7-6-16-4-2-3-5-19(16)21(18)28-20(15)22(25)24-11-9-23(10-12-24)17-8-13-29(26,27)14-17/h2-7,17H,8-14H2,1H3/t17-/m1/s1. The number of hydrogen-bond acceptors (Lipinski definition) is 5. The van der Waals surface area contributed by atoms with Crippen molar-refractivity contribution in [1.29, 1.82) is 0 Å². The van der Waals surface area contributed by atoms with Crippen LogP contribution in [0.25, 0.3) is 21.7 Å². The van der Waals surface area contributed by atoms with E-state index in [1.54, 1.807) is 0 Å². The molecule has 1 atom stereocenters. The summed E-state index contributed by atoms with van der Waals surface area (Å²) in [4.78, 5) is 17.2. The Bertz CT molecular complexity index is 1210. The molecule has 0 bridgehead atoms. The maximum absolute atomic E-state index is 13.2. The number of sulfone groups is 1. The van der Waals surface area contributed by atoms with Gasteiger partial charge in [0.1, 0.15) is 5.58 Å². The van der Waals surface area contributed by atoms with E-state index in [-0.39, 0.29) is 23.5 Å². The molecule has 2 aliphatic rings. The van der Waals surface area contributed by atoms with Gasteiger partial charge in [-0.15, -0.1) is 0 Å². The van der Waals surface area contributed by atoms with Gasteiger partial charge in [-0.05, 0) is 18.7 Å². The zero-order valence-electron chi connectivity index (χ0n) is 16.4. The van der Waals surface area contributed by atoms with Crippen LogP contribution in [0.1, 0.15) is 22.5 Å². The molecular weight excluding hydrogens is 388 g/mol. The monoisotopic (exact) mass is 412 g/mol. The van der Waals surface area contributed by atoms with Crippen molar-refractivity contribution in [2.24, 2.45) is 0 Å². The molecule has 0 aliphatic carbocycles. The van der Waals surface area contributed by atoms with Crippen LogP contribution in [0.5, 0.6) is 0 Å². The summed E-state index contributed by atoms with van der Waals surface area (Å²) in [6.07, 6.45) is 0.700. The molecule has 3 aromatic rings. The Labute approximate surface area is 170 Å². The van der Waals surface area contributed by atoms with Gasteiger partial charge in [0.05, 0.1) is 11.5 Å². The fourth-order valence-electron chi connectivity index (χ4n) is 4.65. The third-order valence-electron chi connectivity index (χ3n) is 6.35. The average molecular weight is 413 g/mol. The van der Waals surface area contributed by atoms with Crippen LogP contribution in [0.15, 0.2) is 40.8 Å². The molecular formula is C22H24N2O4S. The van der Waals surface area contributed by atoms with Crippen LogP contribution >= 0.6 is 0 Å². The molecule has 2 aliphatic heterocycles. The van der Waals surface area contributed by atoms with Gasteiger partial charge in [0.25, 0.3) is 5.91 Å². The van der Waals surface area contributed by atoms with Gasteiger partial charge in [-0.1, -0.05) is 36.4 Å². The zero-order chi connectivity index (χ0) is 20.2. The van der Waals surface area contributed by atoms with Crippen LogP contribution in [0.3, 0.4) is 0 Å². The van der Waals surface area contributed by atoms with Crippen molar-refractivity contribution in [2.45, 2.75) is 19.4 Å². The predicted octanol–water partition coefficient (Wildman–Crippen LogP) is 2.84. The molecule has 2 saturated heterocycles. The average Bonchev–Trinajstić information content (AvgIpc) is 3.27. The highest BCUT2D eigenvalue weighted by Gasteiger charge is 2.35. The molecule has 29 heavy (non-hydrogen) atoms. The Morgan fingerprint density at radius 3 is 2.52 bits per heavy atom. The molecule has 2 fully saturated rings. The van der Waals surface area contributed by atoms with E-state index in [1.165, 1.54) is 0 Å². The molecule has 5 rings (SSSR count). The summed E-state index contributed by atoms with van der Waals surface area (Å²) in [7, 11) is -2.89. The molecule has 0 spiro atoms. The quantitative estimate of drug-likeness (QED) is 0.647. The lowest BCUT2D eigenvalue weighted by molar-refractivity contribution is 0.0560. The number of rotatable bonds is 2. The van der Waals surface area contributed by atoms with E-state index in [0.717, 1.165) is 27.3 Å². The predicted molar refractivity (Wildman–Crippen MR) is 113 cm³/mol. The number of carbonyl (C=O) groups excluding carboxylic acids is 1. The van der Waals surface area contributed by atoms with Gasteiger partial charge in [-0.2, -0.15) is 0 Å². The summed E-state index contributed by atoms with van der Waals surface area (Å²) in [5.41, 5.74) is 1.64. The van der Waals surface area contributed by atoms with Crippen LogP contribution in [0, 0.1) is 6.92 Å². The molecule has 7 heteroatoms. The Kier molecular flexibility index (Phi) is 4.40. The highest BCUT2D eigenvalue weighted by molar-refractivity contribution is 7.91. The summed E-state index contributed by atoms with van der Waals surface area (Å²) in [6, 6.07) is 12.2. The second-order valence-corrected chi connectivity index (χ2v) is 10.3. The number of benzene rings is 2. The van der Waals surface area contributed by atoms with Crippen molar-refractivity contribution in [3.05, 3.63) is 47.7 Å². The molecule has 0 unspecified atom stereocenters. The Morgan fingerprint density at radius 1 is 1.03 bits per heavy atom. The summed E-state index contributed by atoms with van der Waals surface area (Å²) < 4.78 is 29.6. The Hall–Kier alpha value is -2.38. The normalized spacial score (nSPS) is 22.5. The van der Waals surface area contributed by atoms with Crippen LogP contribution in [0.4, 0.5) is 0 Å². The lowest BCUT2D eigenvalue weighted by atomic mass is 10.1. The second-order valence-electron chi connectivity index (χ2n) is 8.10. The third kappa shape index (κ3) is 3.22. The van der Waals surface area contributed by atoms with Crippen molar-refractivity contribution in [1.82, 2.24) is 9.80 Å². The number of nitrogens with zero attached hydrogens (tertiary/aromatic N) is 2. The maximum atomic E-state index is 13.2. The summed E-state index contributed by atoms with van der Waals surface area (Å²) >= 11 is 0. The molecule has 2 aromatic carbocycles. The van der Waals surface area contributed by atoms with E-state index in [0.29, 0.717) is 38.4 Å². The molecule has 0 saturated carbocycles. The van der Waals surface area contributed by atoms with Crippen molar-refractivity contribution < 1.29 is 17.6 Å². The van der Waals surface area contributed by atoms with Crippen molar-refractivity contribution in [3.63, 3.8) is 0 Å². The minimum atomic E-state index is -2.89. The summed E-state index contributed by atoms with van der Waals surface area (Å²) in [5.74, 6) is 0.856. The van der Waals surface area contributed by atoms with Crippen molar-refractivity contribution in [2.75, 3.05) is 37.7 Å². The van der Waals surface area contributed by atoms with E-state index < -0.39 is 9.84 Å². The molecule has 3 heterocycles. The largest absolute Gasteiger partial charge is 0.450 e. The van der Waals surface area contributed by atoms with Crippen LogP contribution in [-0.2, 0) is 9.84 Å². The van der Waals surface area contributed by atoms with Crippen molar-refractivity contribution >= 4 is 37.5 Å². The first-order valence-corrected chi connectivity index (χ1v) is 11.9. The van der Waals surface area contributed by atoms with Gasteiger partial charge in [-0.25, -0.2) is 8.42 Å².